The fourth-order valence-corrected chi connectivity index (χ4v) is 1.66. The van der Waals surface area contributed by atoms with Gasteiger partial charge in [0.05, 0.1) is 23.5 Å². The standard InChI is InChI=1S/C13H13N5/c1-18(9-11-4-2-3-5-16-11)13-12(15)6-10(7-14)8-17-13/h2-6,8H,9,15H2,1H3. The van der Waals surface area contributed by atoms with Crippen LogP contribution in [0.3, 0.4) is 0 Å². The minimum Gasteiger partial charge on any atom is -0.396 e. The van der Waals surface area contributed by atoms with Crippen molar-refractivity contribution in [2.45, 2.75) is 6.54 Å². The molecule has 0 saturated carbocycles. The average molecular weight is 239 g/mol. The van der Waals surface area contributed by atoms with Crippen LogP contribution in [0.25, 0.3) is 0 Å². The van der Waals surface area contributed by atoms with E-state index in [1.807, 2.05) is 36.2 Å². The molecule has 5 nitrogen and oxygen atoms in total. The number of nitrogens with zero attached hydrogens (tertiary/aromatic N) is 4. The van der Waals surface area contributed by atoms with E-state index < -0.39 is 0 Å². The molecule has 2 aromatic rings. The molecule has 0 unspecified atom stereocenters. The van der Waals surface area contributed by atoms with Crippen molar-refractivity contribution in [3.8, 4) is 6.07 Å². The number of nitrogens with two attached hydrogens (primary N) is 1. The van der Waals surface area contributed by atoms with Gasteiger partial charge in [-0.3, -0.25) is 4.98 Å². The Bertz CT molecular complexity index is 574. The van der Waals surface area contributed by atoms with Crippen molar-refractivity contribution >= 4 is 11.5 Å². The van der Waals surface area contributed by atoms with Gasteiger partial charge in [-0.2, -0.15) is 5.26 Å². The number of hydrogen-bond donors (Lipinski definition) is 1. The van der Waals surface area contributed by atoms with Crippen molar-refractivity contribution in [2.75, 3.05) is 17.7 Å². The maximum atomic E-state index is 8.76. The molecule has 90 valence electrons. The van der Waals surface area contributed by atoms with E-state index in [0.717, 1.165) is 5.69 Å². The van der Waals surface area contributed by atoms with Crippen LogP contribution in [0.5, 0.6) is 0 Å². The number of pyridine rings is 2. The highest BCUT2D eigenvalue weighted by Crippen LogP contribution is 2.20. The molecule has 0 aromatic carbocycles. The zero-order chi connectivity index (χ0) is 13.0. The van der Waals surface area contributed by atoms with E-state index in [4.69, 9.17) is 11.0 Å². The largest absolute Gasteiger partial charge is 0.396 e. The van der Waals surface area contributed by atoms with E-state index in [0.29, 0.717) is 23.6 Å². The Balaban J connectivity index is 2.19. The summed E-state index contributed by atoms with van der Waals surface area (Å²) in [5, 5.41) is 8.76. The molecule has 18 heavy (non-hydrogen) atoms. The molecule has 2 rings (SSSR count). The predicted octanol–water partition coefficient (Wildman–Crippen LogP) is 1.57. The Morgan fingerprint density at radius 1 is 1.39 bits per heavy atom. The summed E-state index contributed by atoms with van der Waals surface area (Å²) in [5.41, 5.74) is 7.77. The van der Waals surface area contributed by atoms with Gasteiger partial charge in [-0.1, -0.05) is 6.07 Å². The van der Waals surface area contributed by atoms with Gasteiger partial charge in [0.15, 0.2) is 5.82 Å². The minimum absolute atomic E-state index is 0.461. The topological polar surface area (TPSA) is 78.8 Å². The number of rotatable bonds is 3. The second-order valence-electron chi connectivity index (χ2n) is 3.93. The Hall–Kier alpha value is -2.61. The minimum atomic E-state index is 0.461. The van der Waals surface area contributed by atoms with Gasteiger partial charge in [0, 0.05) is 19.4 Å². The molecule has 0 atom stereocenters. The lowest BCUT2D eigenvalue weighted by atomic mass is 10.2. The molecular weight excluding hydrogens is 226 g/mol. The molecule has 2 N–H and O–H groups in total. The van der Waals surface area contributed by atoms with E-state index in [1.165, 1.54) is 6.20 Å². The maximum absolute atomic E-state index is 8.76. The van der Waals surface area contributed by atoms with Crippen LogP contribution in [0.4, 0.5) is 11.5 Å². The van der Waals surface area contributed by atoms with Crippen LogP contribution in [0.1, 0.15) is 11.3 Å². The average Bonchev–Trinajstić information content (AvgIpc) is 2.39. The third-order valence-corrected chi connectivity index (χ3v) is 2.51. The Morgan fingerprint density at radius 3 is 2.83 bits per heavy atom. The molecule has 2 heterocycles. The fraction of sp³-hybridized carbons (Fsp3) is 0.154. The number of hydrogen-bond acceptors (Lipinski definition) is 5. The molecule has 2 aromatic heterocycles. The van der Waals surface area contributed by atoms with E-state index >= 15 is 0 Å². The molecule has 5 heteroatoms. The summed E-state index contributed by atoms with van der Waals surface area (Å²) in [5.74, 6) is 0.652. The van der Waals surface area contributed by atoms with Crippen molar-refractivity contribution in [2.24, 2.45) is 0 Å². The van der Waals surface area contributed by atoms with Crippen molar-refractivity contribution in [1.82, 2.24) is 9.97 Å². The molecule has 0 amide bonds. The summed E-state index contributed by atoms with van der Waals surface area (Å²) < 4.78 is 0. The van der Waals surface area contributed by atoms with E-state index in [2.05, 4.69) is 9.97 Å². The van der Waals surface area contributed by atoms with Gasteiger partial charge in [0.1, 0.15) is 6.07 Å². The molecule has 0 bridgehead atoms. The SMILES string of the molecule is CN(Cc1ccccn1)c1ncc(C#N)cc1N. The molecule has 0 aliphatic carbocycles. The number of nitrogen functional groups attached to an aromatic ring is 1. The Morgan fingerprint density at radius 2 is 2.22 bits per heavy atom. The van der Waals surface area contributed by atoms with Crippen LogP contribution >= 0.6 is 0 Å². The second kappa shape index (κ2) is 5.15. The molecule has 0 radical (unpaired) electrons. The number of nitriles is 1. The Kier molecular flexibility index (Phi) is 3.39. The van der Waals surface area contributed by atoms with Crippen LogP contribution in [0.15, 0.2) is 36.7 Å². The zero-order valence-electron chi connectivity index (χ0n) is 10.0. The molecule has 0 aliphatic heterocycles. The lowest BCUT2D eigenvalue weighted by Crippen LogP contribution is -2.19. The second-order valence-corrected chi connectivity index (χ2v) is 3.93. The van der Waals surface area contributed by atoms with Gasteiger partial charge in [0.25, 0.3) is 0 Å². The molecule has 0 saturated heterocycles. The third kappa shape index (κ3) is 2.55. The zero-order valence-corrected chi connectivity index (χ0v) is 10.0. The highest BCUT2D eigenvalue weighted by atomic mass is 15.2. The van der Waals surface area contributed by atoms with Gasteiger partial charge < -0.3 is 10.6 Å². The fourth-order valence-electron chi connectivity index (χ4n) is 1.66. The quantitative estimate of drug-likeness (QED) is 0.879. The van der Waals surface area contributed by atoms with E-state index in [1.54, 1.807) is 12.3 Å². The highest BCUT2D eigenvalue weighted by molar-refractivity contribution is 5.64. The van der Waals surface area contributed by atoms with Gasteiger partial charge in [0.2, 0.25) is 0 Å². The van der Waals surface area contributed by atoms with Crippen molar-refractivity contribution < 1.29 is 0 Å². The van der Waals surface area contributed by atoms with Gasteiger partial charge in [-0.15, -0.1) is 0 Å². The summed E-state index contributed by atoms with van der Waals surface area (Å²) >= 11 is 0. The van der Waals surface area contributed by atoms with Crippen molar-refractivity contribution in [3.05, 3.63) is 47.9 Å². The first kappa shape index (κ1) is 11.9. The summed E-state index contributed by atoms with van der Waals surface area (Å²) in [6.07, 6.45) is 3.26. The lowest BCUT2D eigenvalue weighted by molar-refractivity contribution is 0.867. The molecule has 0 spiro atoms. The number of aromatic nitrogens is 2. The Labute approximate surface area is 106 Å². The monoisotopic (exact) mass is 239 g/mol. The maximum Gasteiger partial charge on any atom is 0.151 e. The van der Waals surface area contributed by atoms with Crippen LogP contribution in [0.2, 0.25) is 0 Å². The van der Waals surface area contributed by atoms with Crippen LogP contribution < -0.4 is 10.6 Å². The van der Waals surface area contributed by atoms with Gasteiger partial charge in [-0.25, -0.2) is 4.98 Å². The number of anilines is 2. The highest BCUT2D eigenvalue weighted by Gasteiger charge is 2.08. The van der Waals surface area contributed by atoms with Gasteiger partial charge in [-0.05, 0) is 18.2 Å². The summed E-state index contributed by atoms with van der Waals surface area (Å²) in [6, 6.07) is 9.38. The van der Waals surface area contributed by atoms with Crippen molar-refractivity contribution in [1.29, 1.82) is 5.26 Å². The van der Waals surface area contributed by atoms with Crippen LogP contribution in [-0.4, -0.2) is 17.0 Å². The lowest BCUT2D eigenvalue weighted by Gasteiger charge is -2.19. The smallest absolute Gasteiger partial charge is 0.151 e. The first-order chi connectivity index (χ1) is 8.70. The molecule has 0 fully saturated rings. The predicted molar refractivity (Wildman–Crippen MR) is 69.7 cm³/mol. The van der Waals surface area contributed by atoms with Crippen LogP contribution in [-0.2, 0) is 6.54 Å². The van der Waals surface area contributed by atoms with Crippen molar-refractivity contribution in [3.63, 3.8) is 0 Å². The summed E-state index contributed by atoms with van der Waals surface area (Å²) in [4.78, 5) is 10.3. The van der Waals surface area contributed by atoms with E-state index in [-0.39, 0.29) is 0 Å². The van der Waals surface area contributed by atoms with Crippen LogP contribution in [0, 0.1) is 11.3 Å². The third-order valence-electron chi connectivity index (χ3n) is 2.51. The normalized spacial score (nSPS) is 9.78. The summed E-state index contributed by atoms with van der Waals surface area (Å²) in [6.45, 7) is 0.615. The van der Waals surface area contributed by atoms with E-state index in [9.17, 15) is 0 Å². The molecular formula is C13H13N5. The molecule has 0 aliphatic rings. The van der Waals surface area contributed by atoms with Gasteiger partial charge >= 0.3 is 0 Å². The first-order valence-corrected chi connectivity index (χ1v) is 5.47. The summed E-state index contributed by atoms with van der Waals surface area (Å²) in [7, 11) is 1.89. The first-order valence-electron chi connectivity index (χ1n) is 5.47.